The van der Waals surface area contributed by atoms with Crippen molar-refractivity contribution in [2.75, 3.05) is 24.2 Å². The SMILES string of the molecule is C=CC(=O)N1CCCC(c2nc(-c3ccc(C(=O)Nc4cc(CC)ccn4)cc3)c(C(N)=O)n2N)C1. The molecule has 3 heterocycles. The number of pyridine rings is 1. The van der Waals surface area contributed by atoms with Crippen molar-refractivity contribution in [3.05, 3.63) is 77.9 Å². The Hall–Kier alpha value is -4.47. The normalized spacial score (nSPS) is 15.4. The number of nitrogens with one attached hydrogen (secondary N) is 1. The van der Waals surface area contributed by atoms with Gasteiger partial charge in [0.2, 0.25) is 5.91 Å². The molecule has 4 rings (SSSR count). The topological polar surface area (TPSA) is 149 Å². The van der Waals surface area contributed by atoms with Crippen molar-refractivity contribution in [2.45, 2.75) is 32.1 Å². The van der Waals surface area contributed by atoms with E-state index >= 15 is 0 Å². The van der Waals surface area contributed by atoms with E-state index in [0.717, 1.165) is 24.8 Å². The van der Waals surface area contributed by atoms with Crippen molar-refractivity contribution in [3.63, 3.8) is 0 Å². The third-order valence-corrected chi connectivity index (χ3v) is 6.34. The summed E-state index contributed by atoms with van der Waals surface area (Å²) in [6, 6.07) is 10.4. The third-order valence-electron chi connectivity index (χ3n) is 6.34. The van der Waals surface area contributed by atoms with E-state index in [4.69, 9.17) is 11.6 Å². The summed E-state index contributed by atoms with van der Waals surface area (Å²) >= 11 is 0. The molecule has 0 spiro atoms. The number of aromatic nitrogens is 3. The molecule has 1 saturated heterocycles. The molecule has 186 valence electrons. The van der Waals surface area contributed by atoms with Gasteiger partial charge in [-0.05, 0) is 55.2 Å². The van der Waals surface area contributed by atoms with Crippen molar-refractivity contribution in [1.29, 1.82) is 0 Å². The molecule has 1 aromatic carbocycles. The Balaban J connectivity index is 1.59. The number of hydrogen-bond acceptors (Lipinski definition) is 6. The van der Waals surface area contributed by atoms with E-state index in [1.54, 1.807) is 35.4 Å². The van der Waals surface area contributed by atoms with Crippen molar-refractivity contribution < 1.29 is 14.4 Å². The highest BCUT2D eigenvalue weighted by atomic mass is 16.2. The molecule has 1 aliphatic rings. The first-order chi connectivity index (χ1) is 17.3. The number of carbonyl (C=O) groups excluding carboxylic acids is 3. The second-order valence-corrected chi connectivity index (χ2v) is 8.66. The number of nitrogen functional groups attached to an aromatic ring is 1. The zero-order valence-electron chi connectivity index (χ0n) is 20.1. The van der Waals surface area contributed by atoms with Crippen LogP contribution in [0.15, 0.2) is 55.3 Å². The van der Waals surface area contributed by atoms with Gasteiger partial charge in [0.25, 0.3) is 11.8 Å². The zero-order chi connectivity index (χ0) is 25.8. The molecular weight excluding hydrogens is 458 g/mol. The van der Waals surface area contributed by atoms with Gasteiger partial charge in [-0.2, -0.15) is 0 Å². The predicted molar refractivity (Wildman–Crippen MR) is 137 cm³/mol. The molecule has 3 aromatic rings. The molecule has 1 atom stereocenters. The van der Waals surface area contributed by atoms with Crippen LogP contribution in [-0.4, -0.2) is 50.4 Å². The number of carbonyl (C=O) groups is 3. The molecule has 0 bridgehead atoms. The Kier molecular flexibility index (Phi) is 7.14. The summed E-state index contributed by atoms with van der Waals surface area (Å²) in [5.74, 6) is 5.88. The standard InChI is InChI=1S/C26H29N7O3/c1-3-16-11-12-29-20(14-16)30-26(36)18-9-7-17(8-10-18)22-23(24(27)35)33(28)25(31-22)19-6-5-13-32(15-19)21(34)4-2/h4,7-12,14,19H,2-3,5-6,13,15,28H2,1H3,(H2,27,35)(H,29,30,36). The van der Waals surface area contributed by atoms with E-state index in [1.807, 2.05) is 19.1 Å². The molecule has 10 heteroatoms. The molecule has 1 aliphatic heterocycles. The van der Waals surface area contributed by atoms with Crippen LogP contribution in [0.3, 0.4) is 0 Å². The van der Waals surface area contributed by atoms with Crippen molar-refractivity contribution in [3.8, 4) is 11.3 Å². The van der Waals surface area contributed by atoms with Crippen LogP contribution in [0.25, 0.3) is 11.3 Å². The van der Waals surface area contributed by atoms with Crippen LogP contribution in [0, 0.1) is 0 Å². The number of rotatable bonds is 7. The van der Waals surface area contributed by atoms with Gasteiger partial charge in [-0.1, -0.05) is 25.6 Å². The molecule has 5 N–H and O–H groups in total. The van der Waals surface area contributed by atoms with Crippen LogP contribution in [-0.2, 0) is 11.2 Å². The van der Waals surface area contributed by atoms with Gasteiger partial charge in [-0.15, -0.1) is 0 Å². The lowest BCUT2D eigenvalue weighted by molar-refractivity contribution is -0.127. The van der Waals surface area contributed by atoms with Crippen molar-refractivity contribution in [1.82, 2.24) is 19.5 Å². The summed E-state index contributed by atoms with van der Waals surface area (Å²) in [7, 11) is 0. The fraction of sp³-hybridized carbons (Fsp3) is 0.269. The Morgan fingerprint density at radius 3 is 2.64 bits per heavy atom. The third kappa shape index (κ3) is 4.97. The lowest BCUT2D eigenvalue weighted by Gasteiger charge is -2.31. The van der Waals surface area contributed by atoms with E-state index in [9.17, 15) is 14.4 Å². The maximum atomic E-state index is 12.7. The first-order valence-electron chi connectivity index (χ1n) is 11.8. The fourth-order valence-corrected chi connectivity index (χ4v) is 4.42. The molecular formula is C26H29N7O3. The minimum absolute atomic E-state index is 0.0648. The number of aryl methyl sites for hydroxylation is 1. The number of hydrogen-bond donors (Lipinski definition) is 3. The number of primary amides is 1. The number of nitrogens with zero attached hydrogens (tertiary/aromatic N) is 4. The molecule has 36 heavy (non-hydrogen) atoms. The van der Waals surface area contributed by atoms with Crippen LogP contribution in [0.5, 0.6) is 0 Å². The van der Waals surface area contributed by atoms with E-state index in [2.05, 4.69) is 21.9 Å². The largest absolute Gasteiger partial charge is 0.364 e. The highest BCUT2D eigenvalue weighted by Crippen LogP contribution is 2.31. The minimum Gasteiger partial charge on any atom is -0.364 e. The molecule has 0 aliphatic carbocycles. The number of imidazole rings is 1. The zero-order valence-corrected chi connectivity index (χ0v) is 20.1. The maximum absolute atomic E-state index is 12.7. The lowest BCUT2D eigenvalue weighted by Crippen LogP contribution is -2.39. The molecule has 1 unspecified atom stereocenters. The Bertz CT molecular complexity index is 1310. The van der Waals surface area contributed by atoms with E-state index < -0.39 is 5.91 Å². The average Bonchev–Trinajstić information content (AvgIpc) is 3.25. The van der Waals surface area contributed by atoms with Crippen LogP contribution in [0.4, 0.5) is 5.82 Å². The molecule has 2 aromatic heterocycles. The smallest absolute Gasteiger partial charge is 0.269 e. The van der Waals surface area contributed by atoms with Gasteiger partial charge in [0.1, 0.15) is 17.3 Å². The first-order valence-corrected chi connectivity index (χ1v) is 11.8. The van der Waals surface area contributed by atoms with E-state index in [-0.39, 0.29) is 23.4 Å². The second-order valence-electron chi connectivity index (χ2n) is 8.66. The highest BCUT2D eigenvalue weighted by Gasteiger charge is 2.30. The number of piperidine rings is 1. The molecule has 0 saturated carbocycles. The van der Waals surface area contributed by atoms with Crippen LogP contribution < -0.4 is 16.9 Å². The quantitative estimate of drug-likeness (QED) is 0.344. The van der Waals surface area contributed by atoms with Gasteiger partial charge in [-0.3, -0.25) is 14.4 Å². The van der Waals surface area contributed by atoms with Crippen LogP contribution in [0.2, 0.25) is 0 Å². The Labute approximate surface area is 209 Å². The minimum atomic E-state index is -0.718. The summed E-state index contributed by atoms with van der Waals surface area (Å²) in [6.07, 6.45) is 5.31. The van der Waals surface area contributed by atoms with Crippen molar-refractivity contribution in [2.24, 2.45) is 5.73 Å². The summed E-state index contributed by atoms with van der Waals surface area (Å²) in [5, 5.41) is 2.79. The summed E-state index contributed by atoms with van der Waals surface area (Å²) < 4.78 is 1.22. The Morgan fingerprint density at radius 1 is 1.22 bits per heavy atom. The van der Waals surface area contributed by atoms with Crippen LogP contribution >= 0.6 is 0 Å². The highest BCUT2D eigenvalue weighted by molar-refractivity contribution is 6.04. The molecule has 3 amide bonds. The summed E-state index contributed by atoms with van der Waals surface area (Å²) in [5.41, 5.74) is 8.12. The Morgan fingerprint density at radius 2 is 1.97 bits per heavy atom. The number of anilines is 1. The number of nitrogens with two attached hydrogens (primary N) is 2. The van der Waals surface area contributed by atoms with Gasteiger partial charge in [0, 0.05) is 36.3 Å². The van der Waals surface area contributed by atoms with E-state index in [0.29, 0.717) is 41.6 Å². The predicted octanol–water partition coefficient (Wildman–Crippen LogP) is 2.46. The van der Waals surface area contributed by atoms with Crippen molar-refractivity contribution >= 4 is 23.5 Å². The molecule has 0 radical (unpaired) electrons. The van der Waals surface area contributed by atoms with Gasteiger partial charge in [-0.25, -0.2) is 14.6 Å². The molecule has 1 fully saturated rings. The van der Waals surface area contributed by atoms with Gasteiger partial charge >= 0.3 is 0 Å². The number of amides is 3. The lowest BCUT2D eigenvalue weighted by atomic mass is 9.97. The van der Waals surface area contributed by atoms with Gasteiger partial charge in [0.15, 0.2) is 5.69 Å². The van der Waals surface area contributed by atoms with Gasteiger partial charge < -0.3 is 21.8 Å². The molecule has 10 nitrogen and oxygen atoms in total. The average molecular weight is 488 g/mol. The monoisotopic (exact) mass is 487 g/mol. The number of benzene rings is 1. The fourth-order valence-electron chi connectivity index (χ4n) is 4.42. The first kappa shape index (κ1) is 24.6. The summed E-state index contributed by atoms with van der Waals surface area (Å²) in [4.78, 5) is 47.7. The maximum Gasteiger partial charge on any atom is 0.269 e. The second kappa shape index (κ2) is 10.4. The van der Waals surface area contributed by atoms with Crippen LogP contribution in [0.1, 0.15) is 57.9 Å². The van der Waals surface area contributed by atoms with E-state index in [1.165, 1.54) is 10.8 Å². The number of likely N-dealkylation sites (tertiary alicyclic amines) is 1. The van der Waals surface area contributed by atoms with Gasteiger partial charge in [0.05, 0.1) is 0 Å². The summed E-state index contributed by atoms with van der Waals surface area (Å²) in [6.45, 7) is 6.63.